The average Bonchev–Trinajstić information content (AvgIpc) is 3.08. The lowest BCUT2D eigenvalue weighted by atomic mass is 10.1. The van der Waals surface area contributed by atoms with Crippen LogP contribution in [-0.2, 0) is 16.1 Å². The highest BCUT2D eigenvalue weighted by Crippen LogP contribution is 2.30. The van der Waals surface area contributed by atoms with Crippen molar-refractivity contribution >= 4 is 11.7 Å². The Labute approximate surface area is 166 Å². The Bertz CT molecular complexity index is 857. The van der Waals surface area contributed by atoms with Gasteiger partial charge in [-0.25, -0.2) is 4.79 Å². The normalized spacial score (nSPS) is 16.9. The van der Waals surface area contributed by atoms with Crippen molar-refractivity contribution in [2.45, 2.75) is 25.7 Å². The Morgan fingerprint density at radius 2 is 2.00 bits per heavy atom. The van der Waals surface area contributed by atoms with Crippen molar-refractivity contribution < 1.29 is 29.4 Å². The Morgan fingerprint density at radius 3 is 2.59 bits per heavy atom. The summed E-state index contributed by atoms with van der Waals surface area (Å²) < 4.78 is 10.5. The van der Waals surface area contributed by atoms with Crippen LogP contribution in [0.2, 0.25) is 0 Å². The Kier molecular flexibility index (Phi) is 6.47. The number of nitrogens with zero attached hydrogens (tertiary/aromatic N) is 2. The molecule has 3 N–H and O–H groups in total. The van der Waals surface area contributed by atoms with Crippen LogP contribution in [0.1, 0.15) is 34.7 Å². The van der Waals surface area contributed by atoms with Crippen molar-refractivity contribution in [3.63, 3.8) is 0 Å². The summed E-state index contributed by atoms with van der Waals surface area (Å²) in [5, 5.41) is 31.1. The molecule has 0 bridgehead atoms. The van der Waals surface area contributed by atoms with E-state index in [0.717, 1.165) is 0 Å². The lowest BCUT2D eigenvalue weighted by Crippen LogP contribution is -2.43. The largest absolute Gasteiger partial charge is 0.505 e. The maximum Gasteiger partial charge on any atom is 0.358 e. The number of rotatable bonds is 7. The number of aromatic hydroxyl groups is 1. The number of carbonyl (C=O) groups is 1. The average molecular weight is 405 g/mol. The van der Waals surface area contributed by atoms with Gasteiger partial charge in [0.05, 0.1) is 30.3 Å². The number of hydrogen-bond acceptors (Lipinski definition) is 8. The van der Waals surface area contributed by atoms with Gasteiger partial charge in [0.25, 0.3) is 5.69 Å². The first kappa shape index (κ1) is 20.8. The van der Waals surface area contributed by atoms with Gasteiger partial charge in [-0.2, -0.15) is 0 Å². The Balaban J connectivity index is 1.69. The van der Waals surface area contributed by atoms with Gasteiger partial charge in [-0.3, -0.25) is 15.0 Å². The molecule has 1 aromatic heterocycles. The molecule has 0 amide bonds. The maximum atomic E-state index is 12.4. The van der Waals surface area contributed by atoms with E-state index < -0.39 is 23.0 Å². The summed E-state index contributed by atoms with van der Waals surface area (Å²) in [4.78, 5) is 27.4. The van der Waals surface area contributed by atoms with E-state index in [-0.39, 0.29) is 23.7 Å². The number of morpholine rings is 1. The molecular weight excluding hydrogens is 382 g/mol. The van der Waals surface area contributed by atoms with Gasteiger partial charge in [0, 0.05) is 37.0 Å². The van der Waals surface area contributed by atoms with Gasteiger partial charge in [0.15, 0.2) is 5.69 Å². The van der Waals surface area contributed by atoms with Crippen LogP contribution >= 0.6 is 0 Å². The van der Waals surface area contributed by atoms with E-state index in [0.29, 0.717) is 37.6 Å². The summed E-state index contributed by atoms with van der Waals surface area (Å²) in [5.74, 6) is -1.04. The quantitative estimate of drug-likeness (QED) is 0.360. The molecule has 29 heavy (non-hydrogen) atoms. The van der Waals surface area contributed by atoms with E-state index in [4.69, 9.17) is 9.47 Å². The number of ether oxygens (including phenoxy) is 2. The highest BCUT2D eigenvalue weighted by molar-refractivity contribution is 5.90. The molecule has 0 saturated carbocycles. The fraction of sp³-hybridized carbons (Fsp3) is 0.421. The molecular formula is C19H23N3O7. The molecule has 0 spiro atoms. The molecule has 3 rings (SSSR count). The topological polar surface area (TPSA) is 138 Å². The smallest absolute Gasteiger partial charge is 0.358 e. The van der Waals surface area contributed by atoms with Gasteiger partial charge >= 0.3 is 5.97 Å². The van der Waals surface area contributed by atoms with Crippen molar-refractivity contribution in [2.75, 3.05) is 26.3 Å². The number of benzene rings is 1. The number of nitrogens with one attached hydrogen (secondary N) is 1. The zero-order valence-electron chi connectivity index (χ0n) is 15.9. The summed E-state index contributed by atoms with van der Waals surface area (Å²) in [6.07, 6.45) is -0.741. The van der Waals surface area contributed by atoms with E-state index >= 15 is 0 Å². The second-order valence-corrected chi connectivity index (χ2v) is 6.82. The van der Waals surface area contributed by atoms with Gasteiger partial charge in [0.2, 0.25) is 0 Å². The molecule has 2 unspecified atom stereocenters. The van der Waals surface area contributed by atoms with Crippen LogP contribution in [0, 0.1) is 10.1 Å². The zero-order valence-corrected chi connectivity index (χ0v) is 15.9. The summed E-state index contributed by atoms with van der Waals surface area (Å²) in [6.45, 7) is 3.86. The molecule has 2 atom stereocenters. The first-order valence-electron chi connectivity index (χ1n) is 9.19. The number of hydrogen-bond donors (Lipinski definition) is 3. The molecule has 1 aromatic carbocycles. The molecule has 10 heteroatoms. The maximum absolute atomic E-state index is 12.4. The lowest BCUT2D eigenvalue weighted by molar-refractivity contribution is -0.384. The third-order valence-corrected chi connectivity index (χ3v) is 4.75. The number of non-ortho nitro benzene ring substituents is 1. The van der Waals surface area contributed by atoms with Crippen LogP contribution in [-0.4, -0.2) is 63.4 Å². The molecule has 0 aliphatic carbocycles. The third-order valence-electron chi connectivity index (χ3n) is 4.75. The second kappa shape index (κ2) is 9.03. The molecule has 156 valence electrons. The second-order valence-electron chi connectivity index (χ2n) is 6.82. The number of esters is 1. The summed E-state index contributed by atoms with van der Waals surface area (Å²) in [5.41, 5.74) is 0.909. The minimum absolute atomic E-state index is 0.0565. The summed E-state index contributed by atoms with van der Waals surface area (Å²) >= 11 is 0. The van der Waals surface area contributed by atoms with Crippen molar-refractivity contribution in [3.8, 4) is 5.75 Å². The van der Waals surface area contributed by atoms with E-state index in [1.165, 1.54) is 30.3 Å². The fourth-order valence-electron chi connectivity index (χ4n) is 3.33. The number of nitro groups is 1. The Hall–Kier alpha value is -2.95. The van der Waals surface area contributed by atoms with E-state index in [1.54, 1.807) is 6.92 Å². The van der Waals surface area contributed by atoms with Crippen LogP contribution in [0.5, 0.6) is 5.75 Å². The molecule has 1 aliphatic heterocycles. The summed E-state index contributed by atoms with van der Waals surface area (Å²) in [6, 6.07) is 6.61. The molecule has 1 fully saturated rings. The van der Waals surface area contributed by atoms with Gasteiger partial charge in [-0.15, -0.1) is 0 Å². The first-order valence-corrected chi connectivity index (χ1v) is 9.19. The van der Waals surface area contributed by atoms with Crippen LogP contribution in [0.25, 0.3) is 0 Å². The molecule has 0 radical (unpaired) electrons. The van der Waals surface area contributed by atoms with Crippen molar-refractivity contribution in [1.82, 2.24) is 9.88 Å². The van der Waals surface area contributed by atoms with Crippen molar-refractivity contribution in [1.29, 1.82) is 0 Å². The van der Waals surface area contributed by atoms with Crippen LogP contribution in [0.4, 0.5) is 5.69 Å². The van der Waals surface area contributed by atoms with Gasteiger partial charge < -0.3 is 24.7 Å². The number of aromatic nitrogens is 1. The Morgan fingerprint density at radius 1 is 1.34 bits per heavy atom. The highest BCUT2D eigenvalue weighted by Gasteiger charge is 2.30. The third kappa shape index (κ3) is 4.91. The number of nitro benzene ring substituents is 1. The van der Waals surface area contributed by atoms with E-state index in [9.17, 15) is 25.1 Å². The standard InChI is InChI=1S/C19H23N3O7/c1-12(23)18(21-6-8-28-9-7-21)15-10-16(24)17(20-15)19(25)29-11-13-2-4-14(5-3-13)22(26)27/h2-5,10,12,18,20,23-24H,6-9,11H2,1H3. The predicted molar refractivity (Wildman–Crippen MR) is 101 cm³/mol. The van der Waals surface area contributed by atoms with Crippen LogP contribution < -0.4 is 0 Å². The molecule has 1 aliphatic rings. The van der Waals surface area contributed by atoms with Gasteiger partial charge in [-0.05, 0) is 24.6 Å². The van der Waals surface area contributed by atoms with Crippen LogP contribution in [0.15, 0.2) is 30.3 Å². The minimum atomic E-state index is -0.765. The number of aliphatic hydroxyl groups is 1. The summed E-state index contributed by atoms with van der Waals surface area (Å²) in [7, 11) is 0. The fourth-order valence-corrected chi connectivity index (χ4v) is 3.33. The monoisotopic (exact) mass is 405 g/mol. The van der Waals surface area contributed by atoms with E-state index in [1.807, 2.05) is 4.90 Å². The number of aliphatic hydroxyl groups excluding tert-OH is 1. The van der Waals surface area contributed by atoms with E-state index in [2.05, 4.69) is 4.98 Å². The SMILES string of the molecule is CC(O)C(c1cc(O)c(C(=O)OCc2ccc([N+](=O)[O-])cc2)[nH]1)N1CCOCC1. The van der Waals surface area contributed by atoms with Gasteiger partial charge in [0.1, 0.15) is 12.4 Å². The first-order chi connectivity index (χ1) is 13.9. The zero-order chi connectivity index (χ0) is 21.0. The lowest BCUT2D eigenvalue weighted by Gasteiger charge is -2.35. The van der Waals surface area contributed by atoms with Gasteiger partial charge in [-0.1, -0.05) is 0 Å². The molecule has 1 saturated heterocycles. The molecule has 2 heterocycles. The molecule has 2 aromatic rings. The highest BCUT2D eigenvalue weighted by atomic mass is 16.6. The molecule has 10 nitrogen and oxygen atoms in total. The number of carbonyl (C=O) groups excluding carboxylic acids is 1. The predicted octanol–water partition coefficient (Wildman–Crippen LogP) is 1.74. The number of aromatic amines is 1. The van der Waals surface area contributed by atoms with Crippen LogP contribution in [0.3, 0.4) is 0 Å². The minimum Gasteiger partial charge on any atom is -0.505 e. The number of H-pyrrole nitrogens is 1. The van der Waals surface area contributed by atoms with Crippen molar-refractivity contribution in [2.24, 2.45) is 0 Å². The van der Waals surface area contributed by atoms with Crippen molar-refractivity contribution in [3.05, 3.63) is 57.4 Å².